The van der Waals surface area contributed by atoms with Crippen molar-refractivity contribution in [3.63, 3.8) is 0 Å². The summed E-state index contributed by atoms with van der Waals surface area (Å²) >= 11 is 0. The second-order valence-electron chi connectivity index (χ2n) is 12.9. The Morgan fingerprint density at radius 3 is 0.543 bits per heavy atom. The van der Waals surface area contributed by atoms with Gasteiger partial charge in [0.15, 0.2) is 0 Å². The van der Waals surface area contributed by atoms with Gasteiger partial charge in [0, 0.05) is 17.9 Å². The Balaban J connectivity index is -0.000000285. The Morgan fingerprint density at radius 2 is 0.413 bits per heavy atom. The third-order valence-corrected chi connectivity index (χ3v) is 8.20. The van der Waals surface area contributed by atoms with E-state index in [2.05, 4.69) is 20.8 Å². The van der Waals surface area contributed by atoms with Crippen molar-refractivity contribution in [3.8, 4) is 0 Å². The maximum Gasteiger partial charge on any atom is 3.00 e. The van der Waals surface area contributed by atoms with Crippen molar-refractivity contribution in [1.82, 2.24) is 0 Å². The fourth-order valence-electron chi connectivity index (χ4n) is 5.27. The number of carboxylic acid groups (broad SMARTS) is 3. The van der Waals surface area contributed by atoms with Crippen LogP contribution in [0, 0.1) is 41.3 Å². The molecule has 6 nitrogen and oxygen atoms in total. The van der Waals surface area contributed by atoms with Crippen molar-refractivity contribution in [2.45, 2.75) is 233 Å². The van der Waals surface area contributed by atoms with Crippen LogP contribution in [0.4, 0.5) is 0 Å². The number of carbonyl (C=O) groups is 3. The minimum atomic E-state index is -0.908. The van der Waals surface area contributed by atoms with Crippen LogP contribution >= 0.6 is 0 Å². The molecule has 0 amide bonds. The van der Waals surface area contributed by atoms with Gasteiger partial charge in [-0.1, -0.05) is 194 Å². The van der Waals surface area contributed by atoms with Gasteiger partial charge in [0.2, 0.25) is 0 Å². The number of carboxylic acids is 3. The Labute approximate surface area is 319 Å². The average molecular weight is 781 g/mol. The molecule has 0 aliphatic carbocycles. The second kappa shape index (κ2) is 49.2. The molecule has 0 atom stereocenters. The van der Waals surface area contributed by atoms with Gasteiger partial charge < -0.3 is 29.7 Å². The van der Waals surface area contributed by atoms with Crippen LogP contribution in [0.25, 0.3) is 0 Å². The topological polar surface area (TPSA) is 120 Å². The minimum Gasteiger partial charge on any atom is -0.550 e. The van der Waals surface area contributed by atoms with Crippen LogP contribution in [0.3, 0.4) is 0 Å². The van der Waals surface area contributed by atoms with Crippen LogP contribution in [0.15, 0.2) is 0 Å². The molecule has 0 rings (SSSR count). The summed E-state index contributed by atoms with van der Waals surface area (Å²) < 4.78 is 0. The van der Waals surface area contributed by atoms with Crippen LogP contribution < -0.4 is 15.3 Å². The van der Waals surface area contributed by atoms with Crippen LogP contribution in [0.2, 0.25) is 0 Å². The third kappa shape index (κ3) is 62.6. The van der Waals surface area contributed by atoms with Crippen molar-refractivity contribution in [2.24, 2.45) is 0 Å². The molecule has 0 bridgehead atoms. The summed E-state index contributed by atoms with van der Waals surface area (Å²) in [4.78, 5) is 30.4. The van der Waals surface area contributed by atoms with E-state index >= 15 is 0 Å². The predicted octanol–water partition coefficient (Wildman–Crippen LogP) is 9.14. The fourth-order valence-corrected chi connectivity index (χ4v) is 5.27. The summed E-state index contributed by atoms with van der Waals surface area (Å²) in [6.45, 7) is 6.70. The summed E-state index contributed by atoms with van der Waals surface area (Å²) in [6, 6.07) is 0. The van der Waals surface area contributed by atoms with Gasteiger partial charge in [-0.05, 0) is 38.5 Å². The number of carbonyl (C=O) groups excluding carboxylic acids is 3. The molecular weight excluding hydrogens is 705 g/mol. The molecular formula is C39H75O6Pr. The summed E-state index contributed by atoms with van der Waals surface area (Å²) in [7, 11) is 0. The van der Waals surface area contributed by atoms with Gasteiger partial charge >= 0.3 is 41.3 Å². The standard InChI is InChI=1S/3C13H26O2.Pr/c3*1-2-3-4-5-6-7-8-9-10-11-12-13(14)15;/h3*2-12H2,1H3,(H,14,15);/q;;;+3/p-3. The monoisotopic (exact) mass is 780 g/mol. The van der Waals surface area contributed by atoms with Gasteiger partial charge in [0.25, 0.3) is 0 Å². The molecule has 0 saturated heterocycles. The van der Waals surface area contributed by atoms with E-state index in [1.165, 1.54) is 154 Å². The summed E-state index contributed by atoms with van der Waals surface area (Å²) in [5, 5.41) is 30.4. The Bertz CT molecular complexity index is 518. The molecule has 0 fully saturated rings. The first kappa shape index (κ1) is 52.6. The van der Waals surface area contributed by atoms with E-state index in [0.717, 1.165) is 38.5 Å². The number of aliphatic carboxylic acids is 3. The van der Waals surface area contributed by atoms with Gasteiger partial charge in [-0.3, -0.25) is 0 Å². The Hall–Kier alpha value is -0.226. The largest absolute Gasteiger partial charge is 3.00 e. The molecule has 0 aromatic heterocycles. The molecule has 0 unspecified atom stereocenters. The van der Waals surface area contributed by atoms with E-state index in [1.54, 1.807) is 0 Å². The molecule has 270 valence electrons. The van der Waals surface area contributed by atoms with Crippen LogP contribution in [-0.2, 0) is 14.4 Å². The van der Waals surface area contributed by atoms with Gasteiger partial charge in [0.05, 0.1) is 0 Å². The van der Waals surface area contributed by atoms with Crippen LogP contribution in [0.1, 0.15) is 233 Å². The van der Waals surface area contributed by atoms with E-state index in [9.17, 15) is 29.7 Å². The second-order valence-corrected chi connectivity index (χ2v) is 12.9. The van der Waals surface area contributed by atoms with E-state index in [1.807, 2.05) is 0 Å². The zero-order chi connectivity index (χ0) is 34.1. The smallest absolute Gasteiger partial charge is 0.550 e. The van der Waals surface area contributed by atoms with Crippen molar-refractivity contribution in [3.05, 3.63) is 0 Å². The van der Waals surface area contributed by atoms with Gasteiger partial charge in [0.1, 0.15) is 0 Å². The molecule has 7 heteroatoms. The minimum absolute atomic E-state index is 0. The zero-order valence-corrected chi connectivity index (χ0v) is 34.6. The van der Waals surface area contributed by atoms with E-state index < -0.39 is 17.9 Å². The number of hydrogen-bond donors (Lipinski definition) is 0. The molecule has 46 heavy (non-hydrogen) atoms. The van der Waals surface area contributed by atoms with Crippen LogP contribution in [0.5, 0.6) is 0 Å². The quantitative estimate of drug-likeness (QED) is 0.0613. The van der Waals surface area contributed by atoms with E-state index in [0.29, 0.717) is 0 Å². The molecule has 0 heterocycles. The van der Waals surface area contributed by atoms with Gasteiger partial charge in [-0.25, -0.2) is 0 Å². The predicted molar refractivity (Wildman–Crippen MR) is 184 cm³/mol. The van der Waals surface area contributed by atoms with Crippen LogP contribution in [-0.4, -0.2) is 17.9 Å². The summed E-state index contributed by atoms with van der Waals surface area (Å²) in [5.74, 6) is -2.72. The maximum atomic E-state index is 10.1. The molecule has 0 aliphatic heterocycles. The van der Waals surface area contributed by atoms with Crippen molar-refractivity contribution in [1.29, 1.82) is 0 Å². The molecule has 0 spiro atoms. The molecule has 0 aromatic carbocycles. The van der Waals surface area contributed by atoms with E-state index in [-0.39, 0.29) is 60.6 Å². The first-order valence-electron chi connectivity index (χ1n) is 19.4. The number of hydrogen-bond acceptors (Lipinski definition) is 6. The number of unbranched alkanes of at least 4 members (excludes halogenated alkanes) is 27. The molecule has 0 aliphatic rings. The first-order chi connectivity index (χ1) is 21.8. The molecule has 0 N–H and O–H groups in total. The maximum absolute atomic E-state index is 10.1. The van der Waals surface area contributed by atoms with E-state index in [4.69, 9.17) is 0 Å². The van der Waals surface area contributed by atoms with Crippen molar-refractivity contribution < 1.29 is 71.0 Å². The average Bonchev–Trinajstić information content (AvgIpc) is 3.00. The van der Waals surface area contributed by atoms with Crippen molar-refractivity contribution in [2.75, 3.05) is 0 Å². The summed E-state index contributed by atoms with van der Waals surface area (Å²) in [5.41, 5.74) is 0. The van der Waals surface area contributed by atoms with Gasteiger partial charge in [-0.2, -0.15) is 0 Å². The normalized spacial score (nSPS) is 10.2. The fraction of sp³-hybridized carbons (Fsp3) is 0.923. The zero-order valence-electron chi connectivity index (χ0n) is 30.9. The molecule has 0 aromatic rings. The first-order valence-corrected chi connectivity index (χ1v) is 19.4. The Kier molecular flexibility index (Phi) is 56.2. The summed E-state index contributed by atoms with van der Waals surface area (Å²) in [6.07, 6.45) is 37.8. The van der Waals surface area contributed by atoms with Gasteiger partial charge in [-0.15, -0.1) is 0 Å². The molecule has 0 radical (unpaired) electrons. The number of rotatable bonds is 33. The SMILES string of the molecule is CCCCCCCCCCCCC(=O)[O-].CCCCCCCCCCCCC(=O)[O-].CCCCCCCCCCCCC(=O)[O-].[Pr+3]. The third-order valence-electron chi connectivity index (χ3n) is 8.20. The van der Waals surface area contributed by atoms with Crippen molar-refractivity contribution >= 4 is 17.9 Å². The Morgan fingerprint density at radius 1 is 0.283 bits per heavy atom. The molecule has 0 saturated carbocycles.